The number of pyridine rings is 2. The molecule has 128 valence electrons. The number of hydrogen-bond acceptors (Lipinski definition) is 4. The third-order valence-corrected chi connectivity index (χ3v) is 3.98. The molecule has 3 aromatic heterocycles. The Morgan fingerprint density at radius 1 is 0.962 bits per heavy atom. The van der Waals surface area contributed by atoms with E-state index in [1.165, 1.54) is 0 Å². The van der Waals surface area contributed by atoms with Gasteiger partial charge in [0.2, 0.25) is 0 Å². The van der Waals surface area contributed by atoms with Gasteiger partial charge < -0.3 is 14.8 Å². The van der Waals surface area contributed by atoms with E-state index in [1.54, 1.807) is 16.7 Å². The number of aliphatic hydroxyl groups excluding tert-OH is 1. The molecule has 4 aromatic rings. The van der Waals surface area contributed by atoms with Crippen LogP contribution in [0.1, 0.15) is 16.2 Å². The van der Waals surface area contributed by atoms with Crippen molar-refractivity contribution >= 4 is 17.2 Å². The number of aromatic nitrogens is 3. The van der Waals surface area contributed by atoms with Gasteiger partial charge in [-0.1, -0.05) is 24.3 Å². The van der Waals surface area contributed by atoms with Crippen molar-refractivity contribution in [3.05, 3.63) is 84.4 Å². The number of nitrogens with one attached hydrogen (secondary N) is 1. The summed E-state index contributed by atoms with van der Waals surface area (Å²) >= 11 is 0. The summed E-state index contributed by atoms with van der Waals surface area (Å²) in [7, 11) is 0. The van der Waals surface area contributed by atoms with E-state index in [2.05, 4.69) is 15.3 Å². The van der Waals surface area contributed by atoms with Gasteiger partial charge in [0.1, 0.15) is 11.3 Å². The molecule has 0 saturated heterocycles. The Morgan fingerprint density at radius 3 is 2.62 bits per heavy atom. The summed E-state index contributed by atoms with van der Waals surface area (Å²) in [5.41, 5.74) is 3.97. The highest BCUT2D eigenvalue weighted by atomic mass is 16.3. The lowest BCUT2D eigenvalue weighted by Crippen LogP contribution is -2.11. The molecule has 0 radical (unpaired) electrons. The molecule has 0 atom stereocenters. The molecule has 0 aliphatic rings. The minimum absolute atomic E-state index is 0.106. The Bertz CT molecular complexity index is 1070. The lowest BCUT2D eigenvalue weighted by molar-refractivity contribution is 0.102. The van der Waals surface area contributed by atoms with Crippen LogP contribution in [0.2, 0.25) is 0 Å². The molecular weight excluding hydrogens is 328 g/mol. The van der Waals surface area contributed by atoms with Crippen molar-refractivity contribution in [3.63, 3.8) is 0 Å². The van der Waals surface area contributed by atoms with Crippen LogP contribution in [0.15, 0.2) is 73.1 Å². The molecule has 3 heterocycles. The second-order valence-corrected chi connectivity index (χ2v) is 5.80. The molecule has 0 saturated carbocycles. The summed E-state index contributed by atoms with van der Waals surface area (Å²) in [5.74, 6) is -0.262. The summed E-state index contributed by atoms with van der Waals surface area (Å²) in [6.07, 6.45) is 3.55. The second-order valence-electron chi connectivity index (χ2n) is 5.80. The van der Waals surface area contributed by atoms with Gasteiger partial charge in [-0.25, -0.2) is 4.98 Å². The average molecular weight is 344 g/mol. The first-order chi connectivity index (χ1) is 12.7. The molecular formula is C20H16N4O2. The Kier molecular flexibility index (Phi) is 4.17. The molecule has 0 aliphatic carbocycles. The molecule has 6 nitrogen and oxygen atoms in total. The van der Waals surface area contributed by atoms with Crippen molar-refractivity contribution in [2.75, 3.05) is 5.32 Å². The van der Waals surface area contributed by atoms with Crippen LogP contribution in [-0.2, 0) is 6.61 Å². The van der Waals surface area contributed by atoms with E-state index in [4.69, 9.17) is 0 Å². The molecule has 1 aromatic carbocycles. The van der Waals surface area contributed by atoms with Crippen LogP contribution in [0.25, 0.3) is 16.9 Å². The normalized spacial score (nSPS) is 10.8. The smallest absolute Gasteiger partial charge is 0.275 e. The monoisotopic (exact) mass is 344 g/mol. The lowest BCUT2D eigenvalue weighted by atomic mass is 10.2. The molecule has 2 N–H and O–H groups in total. The Labute approximate surface area is 149 Å². The van der Waals surface area contributed by atoms with Gasteiger partial charge >= 0.3 is 0 Å². The van der Waals surface area contributed by atoms with E-state index in [0.29, 0.717) is 17.0 Å². The molecule has 0 spiro atoms. The van der Waals surface area contributed by atoms with Crippen molar-refractivity contribution < 1.29 is 9.90 Å². The Hall–Kier alpha value is -3.51. The van der Waals surface area contributed by atoms with Crippen molar-refractivity contribution in [1.82, 2.24) is 14.4 Å². The number of para-hydroxylation sites is 1. The third-order valence-electron chi connectivity index (χ3n) is 3.98. The van der Waals surface area contributed by atoms with Gasteiger partial charge in [0.25, 0.3) is 5.91 Å². The first-order valence-electron chi connectivity index (χ1n) is 8.15. The predicted octanol–water partition coefficient (Wildman–Crippen LogP) is 3.14. The van der Waals surface area contributed by atoms with Crippen molar-refractivity contribution in [1.29, 1.82) is 0 Å². The number of hydrogen-bond donors (Lipinski definition) is 2. The topological polar surface area (TPSA) is 79.5 Å². The molecule has 26 heavy (non-hydrogen) atoms. The van der Waals surface area contributed by atoms with Crippen molar-refractivity contribution in [2.24, 2.45) is 0 Å². The average Bonchev–Trinajstić information content (AvgIpc) is 3.12. The van der Waals surface area contributed by atoms with Crippen LogP contribution in [0.5, 0.6) is 0 Å². The van der Waals surface area contributed by atoms with Gasteiger partial charge in [0, 0.05) is 23.6 Å². The fourth-order valence-electron chi connectivity index (χ4n) is 2.70. The largest absolute Gasteiger partial charge is 0.390 e. The zero-order chi connectivity index (χ0) is 17.9. The molecule has 0 aliphatic heterocycles. The highest BCUT2D eigenvalue weighted by Crippen LogP contribution is 2.19. The maximum atomic E-state index is 12.4. The van der Waals surface area contributed by atoms with E-state index < -0.39 is 0 Å². The maximum absolute atomic E-state index is 12.4. The van der Waals surface area contributed by atoms with Gasteiger partial charge in [-0.2, -0.15) is 0 Å². The van der Waals surface area contributed by atoms with Crippen LogP contribution in [0.3, 0.4) is 0 Å². The number of carbonyl (C=O) groups excluding carboxylic acids is 1. The fraction of sp³-hybridized carbons (Fsp3) is 0.0500. The number of amides is 1. The van der Waals surface area contributed by atoms with Crippen molar-refractivity contribution in [3.8, 4) is 11.3 Å². The predicted molar refractivity (Wildman–Crippen MR) is 98.7 cm³/mol. The lowest BCUT2D eigenvalue weighted by Gasteiger charge is -2.03. The molecule has 0 bridgehead atoms. The number of imidazole rings is 1. The maximum Gasteiger partial charge on any atom is 0.275 e. The zero-order valence-electron chi connectivity index (χ0n) is 13.8. The first-order valence-corrected chi connectivity index (χ1v) is 8.15. The van der Waals surface area contributed by atoms with Gasteiger partial charge in [0.15, 0.2) is 0 Å². The van der Waals surface area contributed by atoms with Gasteiger partial charge in [0.05, 0.1) is 18.0 Å². The van der Waals surface area contributed by atoms with E-state index in [1.807, 2.05) is 60.8 Å². The van der Waals surface area contributed by atoms with Crippen LogP contribution >= 0.6 is 0 Å². The van der Waals surface area contributed by atoms with Crippen molar-refractivity contribution in [2.45, 2.75) is 6.61 Å². The van der Waals surface area contributed by atoms with E-state index in [-0.39, 0.29) is 12.5 Å². The number of anilines is 1. The molecule has 1 amide bonds. The number of nitrogens with zero attached hydrogens (tertiary/aromatic N) is 3. The highest BCUT2D eigenvalue weighted by molar-refractivity contribution is 6.03. The molecule has 4 rings (SSSR count). The van der Waals surface area contributed by atoms with E-state index in [0.717, 1.165) is 16.9 Å². The first kappa shape index (κ1) is 16.0. The summed E-state index contributed by atoms with van der Waals surface area (Å²) < 4.78 is 1.79. The minimum atomic E-state index is -0.262. The number of fused-ring (bicyclic) bond motifs is 1. The fourth-order valence-corrected chi connectivity index (χ4v) is 2.70. The SMILES string of the molecule is O=C(Nc1ccccc1)c1cn2cc(-c3cccc(CO)n3)ccc2n1. The van der Waals surface area contributed by atoms with Crippen LogP contribution in [0, 0.1) is 0 Å². The molecule has 0 fully saturated rings. The standard InChI is InChI=1S/C20H16N4O2/c25-13-16-7-4-8-17(21-16)14-9-10-19-23-18(12-24(19)11-14)20(26)22-15-5-2-1-3-6-15/h1-12,25H,13H2,(H,22,26). The number of carbonyl (C=O) groups is 1. The summed E-state index contributed by atoms with van der Waals surface area (Å²) in [4.78, 5) is 21.2. The molecule has 0 unspecified atom stereocenters. The van der Waals surface area contributed by atoms with E-state index in [9.17, 15) is 9.90 Å². The zero-order valence-corrected chi connectivity index (χ0v) is 13.8. The Morgan fingerprint density at radius 2 is 1.81 bits per heavy atom. The summed E-state index contributed by atoms with van der Waals surface area (Å²) in [6, 6.07) is 18.5. The van der Waals surface area contributed by atoms with Crippen LogP contribution < -0.4 is 5.32 Å². The van der Waals surface area contributed by atoms with E-state index >= 15 is 0 Å². The quantitative estimate of drug-likeness (QED) is 0.596. The number of rotatable bonds is 4. The second kappa shape index (κ2) is 6.78. The van der Waals surface area contributed by atoms with Crippen LogP contribution in [-0.4, -0.2) is 25.4 Å². The van der Waals surface area contributed by atoms with Gasteiger partial charge in [-0.05, 0) is 36.4 Å². The summed E-state index contributed by atoms with van der Waals surface area (Å²) in [6.45, 7) is -0.106. The van der Waals surface area contributed by atoms with Gasteiger partial charge in [-0.3, -0.25) is 9.78 Å². The van der Waals surface area contributed by atoms with Crippen LogP contribution in [0.4, 0.5) is 5.69 Å². The molecule has 6 heteroatoms. The minimum Gasteiger partial charge on any atom is -0.390 e. The Balaban J connectivity index is 1.64. The van der Waals surface area contributed by atoms with Gasteiger partial charge in [-0.15, -0.1) is 0 Å². The number of benzene rings is 1. The number of aliphatic hydroxyl groups is 1. The third kappa shape index (κ3) is 3.18. The summed E-state index contributed by atoms with van der Waals surface area (Å²) in [5, 5.41) is 12.1. The highest BCUT2D eigenvalue weighted by Gasteiger charge is 2.12.